The minimum Gasteiger partial charge on any atom is -0.497 e. The number of hydrogen-bond acceptors (Lipinski definition) is 4. The number of carbonyl (C=O) groups excluding carboxylic acids is 2. The molecule has 28 heavy (non-hydrogen) atoms. The summed E-state index contributed by atoms with van der Waals surface area (Å²) < 4.78 is 10.5. The Morgan fingerprint density at radius 1 is 1.04 bits per heavy atom. The topological polar surface area (TPSA) is 67.9 Å². The molecule has 0 aliphatic carbocycles. The summed E-state index contributed by atoms with van der Waals surface area (Å²) in [5.41, 5.74) is 3.41. The van der Waals surface area contributed by atoms with Gasteiger partial charge in [0.15, 0.2) is 0 Å². The number of amides is 2. The summed E-state index contributed by atoms with van der Waals surface area (Å²) in [7, 11) is 3.08. The lowest BCUT2D eigenvalue weighted by Gasteiger charge is -2.30. The van der Waals surface area contributed by atoms with Crippen molar-refractivity contribution in [1.82, 2.24) is 4.90 Å². The summed E-state index contributed by atoms with van der Waals surface area (Å²) in [5.74, 6) is 0.945. The fourth-order valence-corrected chi connectivity index (χ4v) is 3.37. The van der Waals surface area contributed by atoms with E-state index in [4.69, 9.17) is 9.47 Å². The van der Waals surface area contributed by atoms with E-state index in [1.807, 2.05) is 36.9 Å². The molecule has 1 aliphatic heterocycles. The third kappa shape index (κ3) is 4.11. The van der Waals surface area contributed by atoms with Crippen LogP contribution < -0.4 is 14.8 Å². The molecule has 1 heterocycles. The molecule has 2 aromatic carbocycles. The van der Waals surface area contributed by atoms with Crippen molar-refractivity contribution in [2.45, 2.75) is 26.8 Å². The van der Waals surface area contributed by atoms with Crippen LogP contribution in [0.1, 0.15) is 35.3 Å². The van der Waals surface area contributed by atoms with Crippen molar-refractivity contribution in [1.29, 1.82) is 0 Å². The number of ether oxygens (including phenoxy) is 2. The molecule has 6 heteroatoms. The molecule has 0 saturated carbocycles. The fourth-order valence-electron chi connectivity index (χ4n) is 3.37. The summed E-state index contributed by atoms with van der Waals surface area (Å²) in [4.78, 5) is 26.9. The molecule has 0 aromatic heterocycles. The van der Waals surface area contributed by atoms with E-state index >= 15 is 0 Å². The summed E-state index contributed by atoms with van der Waals surface area (Å²) >= 11 is 0. The molecule has 148 valence electrons. The van der Waals surface area contributed by atoms with Crippen LogP contribution in [0.15, 0.2) is 36.4 Å². The first-order chi connectivity index (χ1) is 13.4. The highest BCUT2D eigenvalue weighted by molar-refractivity contribution is 6.06. The van der Waals surface area contributed by atoms with Crippen molar-refractivity contribution in [2.24, 2.45) is 5.92 Å². The Morgan fingerprint density at radius 3 is 2.50 bits per heavy atom. The lowest BCUT2D eigenvalue weighted by Crippen LogP contribution is -2.38. The molecule has 2 amide bonds. The van der Waals surface area contributed by atoms with Crippen LogP contribution in [0.5, 0.6) is 11.5 Å². The van der Waals surface area contributed by atoms with Crippen molar-refractivity contribution in [3.8, 4) is 11.5 Å². The van der Waals surface area contributed by atoms with Gasteiger partial charge in [0, 0.05) is 30.8 Å². The van der Waals surface area contributed by atoms with Gasteiger partial charge in [0.1, 0.15) is 11.5 Å². The molecular formula is C22H26N2O4. The van der Waals surface area contributed by atoms with Gasteiger partial charge in [-0.15, -0.1) is 0 Å². The van der Waals surface area contributed by atoms with Crippen molar-refractivity contribution >= 4 is 17.5 Å². The van der Waals surface area contributed by atoms with Gasteiger partial charge in [-0.1, -0.05) is 19.9 Å². The Balaban J connectivity index is 1.78. The Morgan fingerprint density at radius 2 is 1.82 bits per heavy atom. The average Bonchev–Trinajstić information content (AvgIpc) is 2.71. The number of benzene rings is 2. The maximum atomic E-state index is 12.7. The number of fused-ring (bicyclic) bond motifs is 1. The minimum absolute atomic E-state index is 0.0213. The Labute approximate surface area is 165 Å². The minimum atomic E-state index is -0.259. The largest absolute Gasteiger partial charge is 0.497 e. The highest BCUT2D eigenvalue weighted by Gasteiger charge is 2.23. The molecule has 0 spiro atoms. The fraction of sp³-hybridized carbons (Fsp3) is 0.364. The van der Waals surface area contributed by atoms with E-state index < -0.39 is 0 Å². The van der Waals surface area contributed by atoms with Gasteiger partial charge in [-0.2, -0.15) is 0 Å². The molecule has 0 unspecified atom stereocenters. The van der Waals surface area contributed by atoms with Crippen LogP contribution in [0.3, 0.4) is 0 Å². The number of carbonyl (C=O) groups is 2. The molecule has 6 nitrogen and oxygen atoms in total. The molecule has 3 rings (SSSR count). The zero-order valence-electron chi connectivity index (χ0n) is 16.7. The van der Waals surface area contributed by atoms with Crippen molar-refractivity contribution in [3.05, 3.63) is 53.1 Å². The monoisotopic (exact) mass is 382 g/mol. The maximum Gasteiger partial charge on any atom is 0.259 e. The van der Waals surface area contributed by atoms with E-state index in [0.29, 0.717) is 29.3 Å². The number of rotatable bonds is 5. The standard InChI is InChI=1S/C22H26N2O4/c1-14(2)22(26)24-10-9-15-5-6-17(11-16(15)13-24)23-21(25)19-8-7-18(27-3)12-20(19)28-4/h5-8,11-12,14H,9-10,13H2,1-4H3,(H,23,25). The number of nitrogens with one attached hydrogen (secondary N) is 1. The number of methoxy groups -OCH3 is 2. The molecule has 1 N–H and O–H groups in total. The van der Waals surface area contributed by atoms with Gasteiger partial charge >= 0.3 is 0 Å². The van der Waals surface area contributed by atoms with Crippen LogP contribution in [0.25, 0.3) is 0 Å². The number of nitrogens with zero attached hydrogens (tertiary/aromatic N) is 1. The highest BCUT2D eigenvalue weighted by atomic mass is 16.5. The first kappa shape index (κ1) is 19.7. The first-order valence-electron chi connectivity index (χ1n) is 9.37. The molecule has 0 atom stereocenters. The second-order valence-corrected chi connectivity index (χ2v) is 7.17. The van der Waals surface area contributed by atoms with Gasteiger partial charge in [0.25, 0.3) is 5.91 Å². The van der Waals surface area contributed by atoms with E-state index in [1.165, 1.54) is 12.7 Å². The normalized spacial score (nSPS) is 13.1. The molecule has 2 aromatic rings. The molecular weight excluding hydrogens is 356 g/mol. The predicted octanol–water partition coefficient (Wildman–Crippen LogP) is 3.50. The van der Waals surface area contributed by atoms with Crippen LogP contribution in [-0.2, 0) is 17.8 Å². The van der Waals surface area contributed by atoms with E-state index in [2.05, 4.69) is 5.32 Å². The van der Waals surface area contributed by atoms with E-state index in [9.17, 15) is 9.59 Å². The lowest BCUT2D eigenvalue weighted by atomic mass is 9.98. The molecule has 0 fully saturated rings. The smallest absolute Gasteiger partial charge is 0.259 e. The van der Waals surface area contributed by atoms with Gasteiger partial charge in [0.05, 0.1) is 19.8 Å². The Hall–Kier alpha value is -3.02. The Kier molecular flexibility index (Phi) is 5.87. The van der Waals surface area contributed by atoms with Gasteiger partial charge in [-0.05, 0) is 41.8 Å². The second-order valence-electron chi connectivity index (χ2n) is 7.17. The quantitative estimate of drug-likeness (QED) is 0.859. The van der Waals surface area contributed by atoms with Crippen LogP contribution in [0.2, 0.25) is 0 Å². The molecule has 0 bridgehead atoms. The van der Waals surface area contributed by atoms with E-state index in [1.54, 1.807) is 25.3 Å². The van der Waals surface area contributed by atoms with Crippen LogP contribution in [-0.4, -0.2) is 37.5 Å². The zero-order valence-corrected chi connectivity index (χ0v) is 16.7. The van der Waals surface area contributed by atoms with Crippen molar-refractivity contribution in [2.75, 3.05) is 26.1 Å². The Bertz CT molecular complexity index is 892. The molecule has 0 radical (unpaired) electrons. The van der Waals surface area contributed by atoms with Gasteiger partial charge in [-0.25, -0.2) is 0 Å². The van der Waals surface area contributed by atoms with Crippen LogP contribution in [0.4, 0.5) is 5.69 Å². The second kappa shape index (κ2) is 8.33. The first-order valence-corrected chi connectivity index (χ1v) is 9.37. The van der Waals surface area contributed by atoms with Crippen LogP contribution in [0, 0.1) is 5.92 Å². The number of hydrogen-bond donors (Lipinski definition) is 1. The highest BCUT2D eigenvalue weighted by Crippen LogP contribution is 2.27. The van der Waals surface area contributed by atoms with Crippen molar-refractivity contribution in [3.63, 3.8) is 0 Å². The number of anilines is 1. The molecule has 1 aliphatic rings. The summed E-state index contributed by atoms with van der Waals surface area (Å²) in [5, 5.41) is 2.92. The lowest BCUT2D eigenvalue weighted by molar-refractivity contribution is -0.135. The van der Waals surface area contributed by atoms with Gasteiger partial charge in [-0.3, -0.25) is 9.59 Å². The van der Waals surface area contributed by atoms with Crippen LogP contribution >= 0.6 is 0 Å². The summed E-state index contributed by atoms with van der Waals surface area (Å²) in [6.45, 7) is 5.13. The average molecular weight is 382 g/mol. The summed E-state index contributed by atoms with van der Waals surface area (Å²) in [6, 6.07) is 10.9. The van der Waals surface area contributed by atoms with E-state index in [0.717, 1.165) is 18.5 Å². The predicted molar refractivity (Wildman–Crippen MR) is 108 cm³/mol. The zero-order chi connectivity index (χ0) is 20.3. The van der Waals surface area contributed by atoms with Crippen molar-refractivity contribution < 1.29 is 19.1 Å². The van der Waals surface area contributed by atoms with Gasteiger partial charge < -0.3 is 19.7 Å². The third-order valence-electron chi connectivity index (χ3n) is 4.94. The van der Waals surface area contributed by atoms with Gasteiger partial charge in [0.2, 0.25) is 5.91 Å². The third-order valence-corrected chi connectivity index (χ3v) is 4.94. The molecule has 0 saturated heterocycles. The van der Waals surface area contributed by atoms with E-state index in [-0.39, 0.29) is 17.7 Å². The SMILES string of the molecule is COc1ccc(C(=O)Nc2ccc3c(c2)CN(C(=O)C(C)C)CC3)c(OC)c1. The summed E-state index contributed by atoms with van der Waals surface area (Å²) in [6.07, 6.45) is 0.828. The maximum absolute atomic E-state index is 12.7.